The number of aliphatic hydroxyl groups is 2. The first-order valence-corrected chi connectivity index (χ1v) is 6.69. The lowest BCUT2D eigenvalue weighted by Gasteiger charge is -2.15. The lowest BCUT2D eigenvalue weighted by atomic mass is 9.91. The quantitative estimate of drug-likeness (QED) is 0.565. The van der Waals surface area contributed by atoms with Crippen molar-refractivity contribution in [1.29, 1.82) is 0 Å². The van der Waals surface area contributed by atoms with E-state index in [1.54, 1.807) is 30.3 Å². The van der Waals surface area contributed by atoms with Crippen LogP contribution < -0.4 is 0 Å². The monoisotopic (exact) mass is 287 g/mol. The Kier molecular flexibility index (Phi) is 2.08. The Bertz CT molecular complexity index is 652. The number of phenols is 1. The van der Waals surface area contributed by atoms with Crippen molar-refractivity contribution < 1.29 is 24.8 Å². The molecule has 1 aromatic rings. The molecule has 4 unspecified atom stereocenters. The van der Waals surface area contributed by atoms with E-state index in [0.29, 0.717) is 0 Å². The molecule has 3 radical (unpaired) electrons. The van der Waals surface area contributed by atoms with Gasteiger partial charge in [-0.25, -0.2) is 0 Å². The summed E-state index contributed by atoms with van der Waals surface area (Å²) in [4.78, 5) is 0. The fourth-order valence-corrected chi connectivity index (χ4v) is 3.27. The molecule has 4 atom stereocenters. The second-order valence-electron chi connectivity index (χ2n) is 5.24. The first-order chi connectivity index (χ1) is 9.46. The van der Waals surface area contributed by atoms with Gasteiger partial charge >= 0.3 is 0 Å². The van der Waals surface area contributed by atoms with Gasteiger partial charge in [0.2, 0.25) is 0 Å². The van der Waals surface area contributed by atoms with E-state index in [9.17, 15) is 15.3 Å². The minimum absolute atomic E-state index is 0.0474. The van der Waals surface area contributed by atoms with Crippen molar-refractivity contribution in [3.8, 4) is 5.75 Å². The summed E-state index contributed by atoms with van der Waals surface area (Å²) in [5, 5.41) is 27.8. The summed E-state index contributed by atoms with van der Waals surface area (Å²) in [6, 6.07) is 6.73. The molecule has 2 aliphatic heterocycles. The highest BCUT2D eigenvalue weighted by Gasteiger charge is 2.79. The topological polar surface area (TPSA) is 85.8 Å². The van der Waals surface area contributed by atoms with Crippen molar-refractivity contribution in [2.75, 3.05) is 0 Å². The molecule has 0 amide bonds. The van der Waals surface area contributed by atoms with Crippen LogP contribution in [0.25, 0.3) is 0 Å². The Morgan fingerprint density at radius 1 is 1.10 bits per heavy atom. The summed E-state index contributed by atoms with van der Waals surface area (Å²) >= 11 is 0. The van der Waals surface area contributed by atoms with Crippen LogP contribution in [0.3, 0.4) is 0 Å². The molecule has 3 N–H and O–H groups in total. The largest absolute Gasteiger partial charge is 0.509 e. The molecule has 0 saturated carbocycles. The van der Waals surface area contributed by atoms with E-state index in [4.69, 9.17) is 9.47 Å². The molecule has 20 heavy (non-hydrogen) atoms. The predicted molar refractivity (Wildman–Crippen MR) is 69.4 cm³/mol. The van der Waals surface area contributed by atoms with Crippen LogP contribution in [-0.4, -0.2) is 42.5 Å². The Morgan fingerprint density at radius 2 is 1.80 bits per heavy atom. The minimum Gasteiger partial charge on any atom is -0.509 e. The maximum Gasteiger partial charge on any atom is 0.152 e. The number of aliphatic hydroxyl groups excluding tert-OH is 2. The van der Waals surface area contributed by atoms with Gasteiger partial charge in [0.15, 0.2) is 5.60 Å². The van der Waals surface area contributed by atoms with Crippen LogP contribution in [0, 0.1) is 0 Å². The SMILES string of the molecule is OC1=CC2(C3OC3c3ccc(O)cc3)OC2([Si])C(O)=C1. The van der Waals surface area contributed by atoms with Crippen molar-refractivity contribution in [1.82, 2.24) is 0 Å². The van der Waals surface area contributed by atoms with E-state index >= 15 is 0 Å². The number of epoxide rings is 2. The average molecular weight is 287 g/mol. The van der Waals surface area contributed by atoms with E-state index < -0.39 is 10.8 Å². The van der Waals surface area contributed by atoms with Gasteiger partial charge in [0.25, 0.3) is 0 Å². The number of benzene rings is 1. The van der Waals surface area contributed by atoms with Crippen LogP contribution in [0.4, 0.5) is 0 Å². The summed E-state index contributed by atoms with van der Waals surface area (Å²) in [5.41, 5.74) is 0.0173. The minimum atomic E-state index is -1.02. The number of phenolic OH excluding ortho intramolecular Hbond substituents is 1. The van der Waals surface area contributed by atoms with Crippen molar-refractivity contribution in [3.63, 3.8) is 0 Å². The second kappa shape index (κ2) is 3.46. The lowest BCUT2D eigenvalue weighted by Crippen LogP contribution is -2.34. The number of fused-ring (bicyclic) bond motifs is 1. The molecular weight excluding hydrogens is 276 g/mol. The molecule has 5 nitrogen and oxygen atoms in total. The Morgan fingerprint density at radius 3 is 2.50 bits per heavy atom. The molecule has 1 aromatic carbocycles. The van der Waals surface area contributed by atoms with Gasteiger partial charge < -0.3 is 24.8 Å². The van der Waals surface area contributed by atoms with Crippen molar-refractivity contribution in [3.05, 3.63) is 53.5 Å². The predicted octanol–water partition coefficient (Wildman–Crippen LogP) is 1.36. The van der Waals surface area contributed by atoms with Gasteiger partial charge in [-0.15, -0.1) is 0 Å². The van der Waals surface area contributed by atoms with Crippen molar-refractivity contribution in [2.24, 2.45) is 0 Å². The Labute approximate surface area is 118 Å². The van der Waals surface area contributed by atoms with Crippen LogP contribution >= 0.6 is 0 Å². The van der Waals surface area contributed by atoms with E-state index in [1.807, 2.05) is 0 Å². The number of hydrogen-bond donors (Lipinski definition) is 3. The summed E-state index contributed by atoms with van der Waals surface area (Å²) in [7, 11) is 3.41. The molecule has 101 valence electrons. The van der Waals surface area contributed by atoms with Gasteiger partial charge in [-0.05, 0) is 23.8 Å². The van der Waals surface area contributed by atoms with Gasteiger partial charge in [0.1, 0.15) is 34.7 Å². The molecule has 2 fully saturated rings. The first-order valence-electron chi connectivity index (χ1n) is 6.19. The Balaban J connectivity index is 1.63. The van der Waals surface area contributed by atoms with Crippen LogP contribution in [0.15, 0.2) is 47.9 Å². The smallest absolute Gasteiger partial charge is 0.152 e. The molecule has 0 aromatic heterocycles. The fraction of sp³-hybridized carbons (Fsp3) is 0.286. The van der Waals surface area contributed by atoms with Gasteiger partial charge in [0, 0.05) is 6.08 Å². The third-order valence-corrected chi connectivity index (χ3v) is 4.72. The zero-order valence-corrected chi connectivity index (χ0v) is 11.3. The molecule has 0 bridgehead atoms. The second-order valence-corrected chi connectivity index (χ2v) is 5.95. The summed E-state index contributed by atoms with van der Waals surface area (Å²) in [6.07, 6.45) is 2.30. The molecule has 0 spiro atoms. The molecule has 2 heterocycles. The third-order valence-electron chi connectivity index (χ3n) is 3.97. The number of allylic oxidation sites excluding steroid dienone is 1. The standard InChI is InChI=1S/C14H11O5Si/c15-8-3-1-7(2-4-8)11-12(18-11)13-6-9(16)5-10(17)14(13,20)19-13/h1-6,11-12,15-17H. The van der Waals surface area contributed by atoms with Crippen LogP contribution in [-0.2, 0) is 9.47 Å². The van der Waals surface area contributed by atoms with E-state index in [-0.39, 0.29) is 29.5 Å². The Hall–Kier alpha value is -1.76. The maximum absolute atomic E-state index is 9.88. The van der Waals surface area contributed by atoms with Crippen molar-refractivity contribution >= 4 is 10.2 Å². The molecule has 6 heteroatoms. The number of aromatic hydroxyl groups is 1. The van der Waals surface area contributed by atoms with E-state index in [1.165, 1.54) is 6.08 Å². The summed E-state index contributed by atoms with van der Waals surface area (Å²) < 4.78 is 11.3. The highest BCUT2D eigenvalue weighted by molar-refractivity contribution is 6.20. The normalized spacial score (nSPS) is 41.5. The average Bonchev–Trinajstić information content (AvgIpc) is 3.26. The molecule has 3 aliphatic rings. The van der Waals surface area contributed by atoms with Gasteiger partial charge in [-0.2, -0.15) is 0 Å². The van der Waals surface area contributed by atoms with Crippen LogP contribution in [0.1, 0.15) is 11.7 Å². The van der Waals surface area contributed by atoms with E-state index in [0.717, 1.165) is 5.56 Å². The first kappa shape index (κ1) is 12.0. The lowest BCUT2D eigenvalue weighted by molar-refractivity contribution is 0.256. The molecular formula is C14H11O5Si. The third kappa shape index (κ3) is 1.38. The van der Waals surface area contributed by atoms with Gasteiger partial charge in [-0.1, -0.05) is 12.1 Å². The number of ether oxygens (including phenoxy) is 2. The van der Waals surface area contributed by atoms with Crippen LogP contribution in [0.5, 0.6) is 5.75 Å². The molecule has 4 rings (SSSR count). The highest BCUT2D eigenvalue weighted by atomic mass is 28.1. The fourth-order valence-electron chi connectivity index (χ4n) is 2.81. The zero-order chi connectivity index (χ0) is 14.1. The molecule has 1 aliphatic carbocycles. The van der Waals surface area contributed by atoms with Crippen LogP contribution in [0.2, 0.25) is 0 Å². The maximum atomic E-state index is 9.88. The number of rotatable bonds is 2. The summed E-state index contributed by atoms with van der Waals surface area (Å²) in [6.45, 7) is 0. The highest BCUT2D eigenvalue weighted by Crippen LogP contribution is 2.64. The van der Waals surface area contributed by atoms with Gasteiger partial charge in [0.05, 0.1) is 10.2 Å². The summed E-state index contributed by atoms with van der Waals surface area (Å²) in [5.74, 6) is 0.0694. The van der Waals surface area contributed by atoms with Gasteiger partial charge in [-0.3, -0.25) is 0 Å². The van der Waals surface area contributed by atoms with Crippen molar-refractivity contribution in [2.45, 2.75) is 23.0 Å². The number of hydrogen-bond acceptors (Lipinski definition) is 5. The molecule has 2 saturated heterocycles. The zero-order valence-electron chi connectivity index (χ0n) is 10.3. The van der Waals surface area contributed by atoms with E-state index in [2.05, 4.69) is 10.2 Å².